The van der Waals surface area contributed by atoms with Crippen molar-refractivity contribution in [2.45, 2.75) is 46.3 Å². The fraction of sp³-hybridized carbons (Fsp3) is 0.321. The molecule has 0 spiro atoms. The molecule has 0 amide bonds. The van der Waals surface area contributed by atoms with Crippen LogP contribution in [0.1, 0.15) is 43.4 Å². The molecule has 0 fully saturated rings. The molecule has 0 N–H and O–H groups in total. The molecule has 0 saturated heterocycles. The number of ether oxygens (including phenoxy) is 2. The zero-order valence-electron chi connectivity index (χ0n) is 20.2. The molecule has 1 aliphatic rings. The summed E-state index contributed by atoms with van der Waals surface area (Å²) in [4.78, 5) is 40.2. The van der Waals surface area contributed by atoms with Crippen LogP contribution in [-0.4, -0.2) is 23.2 Å². The Bertz CT molecular complexity index is 1580. The summed E-state index contributed by atoms with van der Waals surface area (Å²) < 4.78 is 18.7. The third-order valence-corrected chi connectivity index (χ3v) is 6.34. The second-order valence-corrected chi connectivity index (χ2v) is 9.37. The highest BCUT2D eigenvalue weighted by Crippen LogP contribution is 2.44. The van der Waals surface area contributed by atoms with E-state index in [2.05, 4.69) is 0 Å². The van der Waals surface area contributed by atoms with Crippen LogP contribution < -0.4 is 15.9 Å². The van der Waals surface area contributed by atoms with Gasteiger partial charge in [0, 0.05) is 12.1 Å². The SMILES string of the molecule is CCOC(=O)C1Oc2c(c(=O)oc3ccccc23)C1c1cc2cc(C)ccc2n(CC(C)C)c1=O. The molecule has 180 valence electrons. The van der Waals surface area contributed by atoms with E-state index in [0.717, 1.165) is 16.5 Å². The lowest BCUT2D eigenvalue weighted by Crippen LogP contribution is -2.37. The Hall–Kier alpha value is -3.87. The van der Waals surface area contributed by atoms with Gasteiger partial charge in [-0.3, -0.25) is 4.79 Å². The number of fused-ring (bicyclic) bond motifs is 4. The van der Waals surface area contributed by atoms with Gasteiger partial charge < -0.3 is 18.5 Å². The van der Waals surface area contributed by atoms with Crippen molar-refractivity contribution in [3.05, 3.63) is 86.0 Å². The maximum Gasteiger partial charge on any atom is 0.348 e. The van der Waals surface area contributed by atoms with E-state index in [-0.39, 0.29) is 29.4 Å². The maximum absolute atomic E-state index is 13.9. The molecule has 1 aliphatic heterocycles. The number of nitrogens with zero attached hydrogens (tertiary/aromatic N) is 1. The maximum atomic E-state index is 13.9. The van der Waals surface area contributed by atoms with Crippen molar-refractivity contribution in [1.29, 1.82) is 0 Å². The van der Waals surface area contributed by atoms with Gasteiger partial charge >= 0.3 is 11.6 Å². The summed E-state index contributed by atoms with van der Waals surface area (Å²) in [5.41, 5.74) is 1.77. The fourth-order valence-electron chi connectivity index (χ4n) is 4.90. The van der Waals surface area contributed by atoms with Crippen molar-refractivity contribution in [3.8, 4) is 5.75 Å². The molecule has 2 atom stereocenters. The summed E-state index contributed by atoms with van der Waals surface area (Å²) >= 11 is 0. The number of hydrogen-bond donors (Lipinski definition) is 0. The lowest BCUT2D eigenvalue weighted by Gasteiger charge is -2.20. The van der Waals surface area contributed by atoms with Gasteiger partial charge in [0.2, 0.25) is 6.10 Å². The fourth-order valence-corrected chi connectivity index (χ4v) is 4.90. The Balaban J connectivity index is 1.84. The Morgan fingerprint density at radius 2 is 1.89 bits per heavy atom. The lowest BCUT2D eigenvalue weighted by atomic mass is 9.88. The van der Waals surface area contributed by atoms with Crippen molar-refractivity contribution in [3.63, 3.8) is 0 Å². The van der Waals surface area contributed by atoms with Crippen molar-refractivity contribution in [2.24, 2.45) is 5.92 Å². The number of carbonyl (C=O) groups is 1. The van der Waals surface area contributed by atoms with Gasteiger partial charge in [-0.05, 0) is 55.5 Å². The first kappa shape index (κ1) is 22.9. The van der Waals surface area contributed by atoms with Crippen LogP contribution in [0.5, 0.6) is 5.75 Å². The average molecular weight is 474 g/mol. The zero-order valence-corrected chi connectivity index (χ0v) is 20.2. The quantitative estimate of drug-likeness (QED) is 0.313. The number of para-hydroxylation sites is 1. The van der Waals surface area contributed by atoms with Crippen LogP contribution >= 0.6 is 0 Å². The number of aromatic nitrogens is 1. The van der Waals surface area contributed by atoms with E-state index >= 15 is 0 Å². The van der Waals surface area contributed by atoms with Crippen LogP contribution in [0, 0.1) is 12.8 Å². The highest BCUT2D eigenvalue weighted by Gasteiger charge is 2.46. The molecule has 3 heterocycles. The molecule has 2 aromatic carbocycles. The molecule has 7 nitrogen and oxygen atoms in total. The first-order valence-corrected chi connectivity index (χ1v) is 11.8. The summed E-state index contributed by atoms with van der Waals surface area (Å²) in [5.74, 6) is -1.12. The van der Waals surface area contributed by atoms with Crippen LogP contribution in [0.25, 0.3) is 21.9 Å². The minimum atomic E-state index is -1.18. The molecule has 2 unspecified atom stereocenters. The van der Waals surface area contributed by atoms with E-state index in [1.54, 1.807) is 41.8 Å². The number of aryl methyl sites for hydroxylation is 1. The number of hydrogen-bond acceptors (Lipinski definition) is 6. The van der Waals surface area contributed by atoms with Crippen LogP contribution in [-0.2, 0) is 16.1 Å². The minimum absolute atomic E-state index is 0.144. The second-order valence-electron chi connectivity index (χ2n) is 9.37. The molecule has 0 bridgehead atoms. The third-order valence-electron chi connectivity index (χ3n) is 6.34. The van der Waals surface area contributed by atoms with Gasteiger partial charge in [0.1, 0.15) is 11.3 Å². The van der Waals surface area contributed by atoms with Gasteiger partial charge in [-0.25, -0.2) is 9.59 Å². The largest absolute Gasteiger partial charge is 0.476 e. The van der Waals surface area contributed by atoms with E-state index in [4.69, 9.17) is 13.9 Å². The van der Waals surface area contributed by atoms with Gasteiger partial charge in [-0.2, -0.15) is 0 Å². The molecular weight excluding hydrogens is 446 g/mol. The summed E-state index contributed by atoms with van der Waals surface area (Å²) in [6.45, 7) is 8.39. The first-order chi connectivity index (χ1) is 16.8. The minimum Gasteiger partial charge on any atom is -0.476 e. The highest BCUT2D eigenvalue weighted by molar-refractivity contribution is 5.89. The molecule has 7 heteroatoms. The predicted octanol–water partition coefficient (Wildman–Crippen LogP) is 4.53. The number of rotatable bonds is 5. The highest BCUT2D eigenvalue weighted by atomic mass is 16.6. The van der Waals surface area contributed by atoms with Gasteiger partial charge in [0.25, 0.3) is 5.56 Å². The Morgan fingerprint density at radius 1 is 1.11 bits per heavy atom. The van der Waals surface area contributed by atoms with E-state index < -0.39 is 23.6 Å². The summed E-state index contributed by atoms with van der Waals surface area (Å²) in [7, 11) is 0. The molecular formula is C28H27NO6. The molecule has 5 rings (SSSR count). The Morgan fingerprint density at radius 3 is 2.63 bits per heavy atom. The summed E-state index contributed by atoms with van der Waals surface area (Å²) in [5, 5.41) is 1.42. The monoisotopic (exact) mass is 473 g/mol. The second kappa shape index (κ2) is 8.73. The third kappa shape index (κ3) is 3.81. The molecule has 0 saturated carbocycles. The summed E-state index contributed by atoms with van der Waals surface area (Å²) in [6.07, 6.45) is -1.18. The average Bonchev–Trinajstić information content (AvgIpc) is 3.22. The molecule has 35 heavy (non-hydrogen) atoms. The summed E-state index contributed by atoms with van der Waals surface area (Å²) in [6, 6.07) is 14.6. The van der Waals surface area contributed by atoms with E-state index in [9.17, 15) is 14.4 Å². The van der Waals surface area contributed by atoms with Crippen molar-refractivity contribution < 1.29 is 18.7 Å². The normalized spacial score (nSPS) is 17.1. The van der Waals surface area contributed by atoms with Crippen LogP contribution in [0.4, 0.5) is 0 Å². The molecule has 0 aliphatic carbocycles. The zero-order chi connectivity index (χ0) is 24.9. The van der Waals surface area contributed by atoms with Crippen LogP contribution in [0.15, 0.2) is 62.5 Å². The topological polar surface area (TPSA) is 87.7 Å². The number of benzene rings is 2. The standard InChI is InChI=1S/C28H27NO6/c1-5-33-28(32)25-22(23-24(35-25)18-8-6-7-9-21(18)34-27(23)31)19-13-17-12-16(4)10-11-20(17)29(26(19)30)14-15(2)3/h6-13,15,22,25H,5,14H2,1-4H3. The number of carbonyl (C=O) groups excluding carboxylic acids is 1. The smallest absolute Gasteiger partial charge is 0.348 e. The molecule has 0 radical (unpaired) electrons. The van der Waals surface area contributed by atoms with Crippen LogP contribution in [0.3, 0.4) is 0 Å². The van der Waals surface area contributed by atoms with Gasteiger partial charge in [0.15, 0.2) is 0 Å². The van der Waals surface area contributed by atoms with Gasteiger partial charge in [0.05, 0.1) is 29.0 Å². The number of pyridine rings is 1. The van der Waals surface area contributed by atoms with Crippen molar-refractivity contribution >= 4 is 27.8 Å². The number of esters is 1. The molecule has 4 aromatic rings. The van der Waals surface area contributed by atoms with Crippen LogP contribution in [0.2, 0.25) is 0 Å². The van der Waals surface area contributed by atoms with Crippen molar-refractivity contribution in [2.75, 3.05) is 6.61 Å². The van der Waals surface area contributed by atoms with E-state index in [1.807, 2.05) is 39.0 Å². The van der Waals surface area contributed by atoms with E-state index in [1.165, 1.54) is 0 Å². The van der Waals surface area contributed by atoms with Crippen molar-refractivity contribution in [1.82, 2.24) is 4.57 Å². The Labute approximate surface area is 201 Å². The molecule has 2 aromatic heterocycles. The van der Waals surface area contributed by atoms with E-state index in [0.29, 0.717) is 23.1 Å². The Kier molecular flexibility index (Phi) is 5.71. The lowest BCUT2D eigenvalue weighted by molar-refractivity contribution is -0.151. The van der Waals surface area contributed by atoms with Gasteiger partial charge in [-0.15, -0.1) is 0 Å². The predicted molar refractivity (Wildman–Crippen MR) is 133 cm³/mol. The first-order valence-electron chi connectivity index (χ1n) is 11.8. The van der Waals surface area contributed by atoms with Gasteiger partial charge in [-0.1, -0.05) is 37.6 Å².